The number of amides is 1. The van der Waals surface area contributed by atoms with Crippen LogP contribution < -0.4 is 4.90 Å². The molecule has 1 aromatic carbocycles. The molecule has 8 nitrogen and oxygen atoms in total. The lowest BCUT2D eigenvalue weighted by Crippen LogP contribution is -2.48. The van der Waals surface area contributed by atoms with Gasteiger partial charge in [0.25, 0.3) is 0 Å². The number of benzene rings is 1. The monoisotopic (exact) mass is 442 g/mol. The molecule has 2 aliphatic rings. The van der Waals surface area contributed by atoms with Gasteiger partial charge in [-0.1, -0.05) is 18.2 Å². The number of hydrogen-bond donors (Lipinski definition) is 0. The fraction of sp³-hybridized carbons (Fsp3) is 0.364. The van der Waals surface area contributed by atoms with E-state index in [-0.39, 0.29) is 10.8 Å². The van der Waals surface area contributed by atoms with Crippen LogP contribution in [0.2, 0.25) is 0 Å². The highest BCUT2D eigenvalue weighted by atomic mass is 32.2. The number of ether oxygens (including phenoxy) is 1. The van der Waals surface area contributed by atoms with Crippen molar-refractivity contribution in [1.29, 1.82) is 0 Å². The Bertz CT molecular complexity index is 1010. The summed E-state index contributed by atoms with van der Waals surface area (Å²) in [6.45, 7) is 4.32. The molecule has 2 fully saturated rings. The maximum Gasteiger partial charge on any atom is 0.246 e. The van der Waals surface area contributed by atoms with Crippen LogP contribution in [-0.4, -0.2) is 81.0 Å². The van der Waals surface area contributed by atoms with E-state index in [0.717, 1.165) is 24.5 Å². The van der Waals surface area contributed by atoms with Gasteiger partial charge in [-0.05, 0) is 35.9 Å². The molecule has 9 heteroatoms. The summed E-state index contributed by atoms with van der Waals surface area (Å²) in [4.78, 5) is 21.1. The highest BCUT2D eigenvalue weighted by Crippen LogP contribution is 2.18. The molecule has 2 aliphatic heterocycles. The highest BCUT2D eigenvalue weighted by molar-refractivity contribution is 7.89. The lowest BCUT2D eigenvalue weighted by atomic mass is 10.2. The number of hydrogen-bond acceptors (Lipinski definition) is 6. The number of nitrogens with zero attached hydrogens (tertiary/aromatic N) is 4. The predicted molar refractivity (Wildman–Crippen MR) is 118 cm³/mol. The first kappa shape index (κ1) is 21.5. The Kier molecular flexibility index (Phi) is 6.64. The molecule has 0 atom stereocenters. The largest absolute Gasteiger partial charge is 0.379 e. The number of carbonyl (C=O) groups excluding carboxylic acids is 1. The van der Waals surface area contributed by atoms with Gasteiger partial charge in [0.05, 0.1) is 18.1 Å². The highest BCUT2D eigenvalue weighted by Gasteiger charge is 2.26. The molecule has 31 heavy (non-hydrogen) atoms. The Morgan fingerprint density at radius 2 is 1.65 bits per heavy atom. The van der Waals surface area contributed by atoms with E-state index in [0.29, 0.717) is 39.4 Å². The number of morpholine rings is 1. The van der Waals surface area contributed by atoms with E-state index in [1.807, 2.05) is 23.1 Å². The molecule has 2 saturated heterocycles. The van der Waals surface area contributed by atoms with Gasteiger partial charge in [0, 0.05) is 51.5 Å². The minimum atomic E-state index is -3.51. The second-order valence-corrected chi connectivity index (χ2v) is 9.36. The second kappa shape index (κ2) is 9.59. The Balaban J connectivity index is 1.33. The third-order valence-corrected chi connectivity index (χ3v) is 7.38. The molecule has 3 heterocycles. The lowest BCUT2D eigenvalue weighted by molar-refractivity contribution is -0.126. The summed E-state index contributed by atoms with van der Waals surface area (Å²) in [5.41, 5.74) is 0.779. The molecule has 0 spiro atoms. The molecular weight excluding hydrogens is 416 g/mol. The average molecular weight is 443 g/mol. The fourth-order valence-corrected chi connectivity index (χ4v) is 5.06. The zero-order valence-electron chi connectivity index (χ0n) is 17.3. The number of rotatable bonds is 5. The smallest absolute Gasteiger partial charge is 0.246 e. The quantitative estimate of drug-likeness (QED) is 0.652. The van der Waals surface area contributed by atoms with Gasteiger partial charge in [-0.2, -0.15) is 4.31 Å². The van der Waals surface area contributed by atoms with Gasteiger partial charge in [0.15, 0.2) is 0 Å². The van der Waals surface area contributed by atoms with E-state index in [1.54, 1.807) is 42.6 Å². The summed E-state index contributed by atoms with van der Waals surface area (Å²) < 4.78 is 32.0. The van der Waals surface area contributed by atoms with Crippen molar-refractivity contribution < 1.29 is 17.9 Å². The first-order valence-electron chi connectivity index (χ1n) is 10.3. The molecular formula is C22H26N4O4S. The van der Waals surface area contributed by atoms with Crippen molar-refractivity contribution in [2.45, 2.75) is 4.90 Å². The van der Waals surface area contributed by atoms with Crippen LogP contribution in [0.25, 0.3) is 6.08 Å². The summed E-state index contributed by atoms with van der Waals surface area (Å²) in [6, 6.07) is 12.4. The summed E-state index contributed by atoms with van der Waals surface area (Å²) >= 11 is 0. The van der Waals surface area contributed by atoms with Crippen molar-refractivity contribution >= 4 is 27.8 Å². The molecule has 0 unspecified atom stereocenters. The number of carbonyl (C=O) groups is 1. The third kappa shape index (κ3) is 5.12. The van der Waals surface area contributed by atoms with Crippen molar-refractivity contribution in [3.63, 3.8) is 0 Å². The fourth-order valence-electron chi connectivity index (χ4n) is 3.66. The van der Waals surface area contributed by atoms with Gasteiger partial charge in [-0.15, -0.1) is 0 Å². The van der Waals surface area contributed by atoms with Crippen LogP contribution in [0.15, 0.2) is 59.6 Å². The van der Waals surface area contributed by atoms with E-state index in [1.165, 1.54) is 4.31 Å². The van der Waals surface area contributed by atoms with Crippen LogP contribution >= 0.6 is 0 Å². The van der Waals surface area contributed by atoms with Crippen LogP contribution in [-0.2, 0) is 19.6 Å². The van der Waals surface area contributed by atoms with E-state index in [4.69, 9.17) is 4.74 Å². The van der Waals surface area contributed by atoms with E-state index in [2.05, 4.69) is 9.88 Å². The van der Waals surface area contributed by atoms with Crippen LogP contribution in [0, 0.1) is 0 Å². The summed E-state index contributed by atoms with van der Waals surface area (Å²) in [7, 11) is -3.51. The van der Waals surface area contributed by atoms with Crippen molar-refractivity contribution in [3.8, 4) is 0 Å². The number of aromatic nitrogens is 1. The van der Waals surface area contributed by atoms with Gasteiger partial charge in [-0.25, -0.2) is 13.4 Å². The predicted octanol–water partition coefficient (Wildman–Crippen LogP) is 1.46. The van der Waals surface area contributed by atoms with Gasteiger partial charge < -0.3 is 14.5 Å². The maximum absolute atomic E-state index is 12.7. The molecule has 0 bridgehead atoms. The number of pyridine rings is 1. The normalized spacial score (nSPS) is 18.5. The minimum absolute atomic E-state index is 0.0503. The van der Waals surface area contributed by atoms with Gasteiger partial charge in [-0.3, -0.25) is 4.79 Å². The van der Waals surface area contributed by atoms with E-state index >= 15 is 0 Å². The Hall–Kier alpha value is -2.75. The Morgan fingerprint density at radius 3 is 2.29 bits per heavy atom. The molecule has 0 radical (unpaired) electrons. The van der Waals surface area contributed by atoms with Crippen LogP contribution in [0.5, 0.6) is 0 Å². The van der Waals surface area contributed by atoms with Crippen LogP contribution in [0.3, 0.4) is 0 Å². The van der Waals surface area contributed by atoms with Crippen molar-refractivity contribution in [3.05, 3.63) is 60.3 Å². The summed E-state index contributed by atoms with van der Waals surface area (Å²) in [5, 5.41) is 0. The van der Waals surface area contributed by atoms with E-state index in [9.17, 15) is 13.2 Å². The molecule has 164 valence electrons. The molecule has 0 saturated carbocycles. The molecule has 0 aliphatic carbocycles. The zero-order valence-corrected chi connectivity index (χ0v) is 18.1. The molecule has 4 rings (SSSR count). The number of sulfonamides is 1. The summed E-state index contributed by atoms with van der Waals surface area (Å²) in [6.07, 6.45) is 5.04. The molecule has 0 N–H and O–H groups in total. The summed E-state index contributed by atoms with van der Waals surface area (Å²) in [5.74, 6) is 0.878. The Labute approximate surface area is 182 Å². The van der Waals surface area contributed by atoms with Gasteiger partial charge in [0.2, 0.25) is 15.9 Å². The topological polar surface area (TPSA) is 83.0 Å². The number of piperazine rings is 1. The average Bonchev–Trinajstić information content (AvgIpc) is 2.84. The molecule has 1 aromatic heterocycles. The lowest BCUT2D eigenvalue weighted by Gasteiger charge is -2.34. The van der Waals surface area contributed by atoms with Crippen molar-refractivity contribution in [2.24, 2.45) is 0 Å². The van der Waals surface area contributed by atoms with Gasteiger partial charge >= 0.3 is 0 Å². The van der Waals surface area contributed by atoms with Crippen LogP contribution in [0.4, 0.5) is 5.82 Å². The molecule has 2 aromatic rings. The van der Waals surface area contributed by atoms with Crippen LogP contribution in [0.1, 0.15) is 5.56 Å². The van der Waals surface area contributed by atoms with Crippen molar-refractivity contribution in [2.75, 3.05) is 57.4 Å². The first-order valence-corrected chi connectivity index (χ1v) is 11.8. The second-order valence-electron chi connectivity index (χ2n) is 7.42. The SMILES string of the molecule is O=C(/C=C/c1ccc(S(=O)(=O)N2CCOCC2)cc1)N1CCN(c2ccccn2)CC1. The maximum atomic E-state index is 12.7. The third-order valence-electron chi connectivity index (χ3n) is 5.47. The minimum Gasteiger partial charge on any atom is -0.379 e. The standard InChI is InChI=1S/C22H26N4O4S/c27-22(25-13-11-24(12-14-25)21-3-1-2-10-23-21)9-6-19-4-7-20(8-5-19)31(28,29)26-15-17-30-18-16-26/h1-10H,11-18H2/b9-6+. The Morgan fingerprint density at radius 1 is 0.935 bits per heavy atom. The number of anilines is 1. The zero-order chi connectivity index (χ0) is 21.7. The van der Waals surface area contributed by atoms with E-state index < -0.39 is 10.0 Å². The molecule has 1 amide bonds. The van der Waals surface area contributed by atoms with Crippen molar-refractivity contribution in [1.82, 2.24) is 14.2 Å². The van der Waals surface area contributed by atoms with Gasteiger partial charge in [0.1, 0.15) is 5.82 Å². The first-order chi connectivity index (χ1) is 15.0.